The minimum absolute atomic E-state index is 0.00289. The standard InChI is InChI=1S/C88H163N5O20S5/c1-11-16-21-26-31-36-69-114-74(6)84(99)109-64-59-104-79(94)41-50-91(51-42-80(95)105-60-65-110-85(100)75(7)115-70-37-32-27-22-17-12-2)55-46-89-48-57-93(54-45-83(98)108-63-68-113-88(103)78(10)118-73-40-35-30-25-20-15-5)58-49-90-47-56-92(52-43-81(96)106-61-66-111-86(101)76(8)116-71-38-33-28-23-18-13-3)53-44-82(97)107-62-67-112-87(102)77(9)117-72-39-34-29-24-19-14-4/h74-78,89-90H,11-73H2,1-10H3. The number of rotatable bonds is 87. The molecule has 25 nitrogen and oxygen atoms in total. The zero-order valence-corrected chi connectivity index (χ0v) is 79.1. The Morgan fingerprint density at radius 3 is 0.551 bits per heavy atom. The van der Waals surface area contributed by atoms with Crippen molar-refractivity contribution in [2.24, 2.45) is 0 Å². The van der Waals surface area contributed by atoms with Crippen LogP contribution in [0.5, 0.6) is 0 Å². The van der Waals surface area contributed by atoms with E-state index in [-0.39, 0.29) is 180 Å². The van der Waals surface area contributed by atoms with Crippen molar-refractivity contribution in [3.05, 3.63) is 0 Å². The predicted octanol–water partition coefficient (Wildman–Crippen LogP) is 15.9. The Bertz CT molecular complexity index is 2250. The van der Waals surface area contributed by atoms with Crippen LogP contribution in [0.25, 0.3) is 0 Å². The Hall–Kier alpha value is -3.75. The monoisotopic (exact) mass is 1770 g/mol. The number of unbranched alkanes of at least 4 members (excludes halogenated alkanes) is 25. The summed E-state index contributed by atoms with van der Waals surface area (Å²) in [6.07, 6.45) is 35.2. The van der Waals surface area contributed by atoms with Gasteiger partial charge in [0.25, 0.3) is 0 Å². The summed E-state index contributed by atoms with van der Waals surface area (Å²) in [7, 11) is 0. The zero-order valence-electron chi connectivity index (χ0n) is 75.0. The van der Waals surface area contributed by atoms with Crippen molar-refractivity contribution in [2.45, 2.75) is 320 Å². The summed E-state index contributed by atoms with van der Waals surface area (Å²) < 4.78 is 54.7. The number of carbonyl (C=O) groups is 10. The molecule has 0 saturated heterocycles. The van der Waals surface area contributed by atoms with Gasteiger partial charge in [-0.1, -0.05) is 195 Å². The topological polar surface area (TPSA) is 297 Å². The lowest BCUT2D eigenvalue weighted by Crippen LogP contribution is -2.41. The summed E-state index contributed by atoms with van der Waals surface area (Å²) in [5, 5.41) is 5.29. The molecular formula is C88H163N5O20S5. The van der Waals surface area contributed by atoms with E-state index < -0.39 is 29.8 Å². The van der Waals surface area contributed by atoms with E-state index in [1.807, 2.05) is 44.4 Å². The van der Waals surface area contributed by atoms with Gasteiger partial charge in [0.2, 0.25) is 0 Å². The highest BCUT2D eigenvalue weighted by Crippen LogP contribution is 2.22. The van der Waals surface area contributed by atoms with E-state index in [1.165, 1.54) is 128 Å². The van der Waals surface area contributed by atoms with Gasteiger partial charge < -0.3 is 72.7 Å². The third-order valence-corrected chi connectivity index (χ3v) is 25.6. The van der Waals surface area contributed by atoms with Gasteiger partial charge in [-0.15, -0.1) is 58.8 Å². The van der Waals surface area contributed by atoms with Crippen LogP contribution in [0.15, 0.2) is 0 Å². The first-order valence-corrected chi connectivity index (χ1v) is 50.7. The van der Waals surface area contributed by atoms with Gasteiger partial charge in [-0.05, 0) is 95.5 Å². The van der Waals surface area contributed by atoms with E-state index in [1.54, 1.807) is 58.8 Å². The van der Waals surface area contributed by atoms with Crippen molar-refractivity contribution in [2.75, 3.05) is 180 Å². The van der Waals surface area contributed by atoms with E-state index >= 15 is 0 Å². The molecule has 0 aromatic rings. The number of ether oxygens (including phenoxy) is 10. The maximum Gasteiger partial charge on any atom is 0.318 e. The number of esters is 10. The largest absolute Gasteiger partial charge is 0.462 e. The highest BCUT2D eigenvalue weighted by Gasteiger charge is 2.23. The van der Waals surface area contributed by atoms with E-state index in [9.17, 15) is 47.9 Å². The van der Waals surface area contributed by atoms with E-state index in [0.717, 1.165) is 93.0 Å². The van der Waals surface area contributed by atoms with Crippen LogP contribution in [-0.4, -0.2) is 281 Å². The Kier molecular flexibility index (Phi) is 81.4. The summed E-state index contributed by atoms with van der Waals surface area (Å²) in [6, 6.07) is 0. The molecule has 0 radical (unpaired) electrons. The van der Waals surface area contributed by atoms with Crippen LogP contribution in [0, 0.1) is 0 Å². The Balaban J connectivity index is 6.18. The normalized spacial score (nSPS) is 12.7. The van der Waals surface area contributed by atoms with E-state index in [0.29, 0.717) is 58.9 Å². The number of thioether (sulfide) groups is 5. The molecular weight excluding hydrogens is 1610 g/mol. The molecule has 118 heavy (non-hydrogen) atoms. The first-order valence-electron chi connectivity index (χ1n) is 45.5. The van der Waals surface area contributed by atoms with Crippen molar-refractivity contribution in [1.29, 1.82) is 0 Å². The van der Waals surface area contributed by atoms with E-state index in [2.05, 4.69) is 50.2 Å². The van der Waals surface area contributed by atoms with Crippen LogP contribution >= 0.6 is 58.8 Å². The summed E-state index contributed by atoms with van der Waals surface area (Å²) in [4.78, 5) is 135. The fourth-order valence-electron chi connectivity index (χ4n) is 11.9. The fourth-order valence-corrected chi connectivity index (χ4v) is 16.6. The van der Waals surface area contributed by atoms with Crippen LogP contribution in [0.1, 0.15) is 294 Å². The van der Waals surface area contributed by atoms with Gasteiger partial charge in [-0.25, -0.2) is 0 Å². The molecule has 0 aliphatic carbocycles. The summed E-state index contributed by atoms with van der Waals surface area (Å²) in [5.41, 5.74) is 0. The number of hydrogen-bond donors (Lipinski definition) is 2. The Morgan fingerprint density at radius 1 is 0.220 bits per heavy atom. The van der Waals surface area contributed by atoms with Crippen LogP contribution in [-0.2, 0) is 95.3 Å². The van der Waals surface area contributed by atoms with Gasteiger partial charge in [0, 0.05) is 85.1 Å². The SMILES string of the molecule is CCCCCCCCSC(C)C(=O)OCCOC(=O)CCN(CCNCCN(CCC(=O)OCCOC(=O)C(C)SCCCCCCCC)CCC(=O)OCCOC(=O)C(C)SCCCCCCCC)CCNCCN(CCC(=O)OCCOC(=O)C(C)SCCCCCCCC)CCC(=O)OCCOC(=O)C(C)SCCCCCCCC. The second kappa shape index (κ2) is 84.1. The smallest absolute Gasteiger partial charge is 0.318 e. The lowest BCUT2D eigenvalue weighted by Gasteiger charge is -2.25. The molecule has 0 heterocycles. The van der Waals surface area contributed by atoms with Gasteiger partial charge in [-0.3, -0.25) is 47.9 Å². The molecule has 0 bridgehead atoms. The molecule has 0 aliphatic heterocycles. The summed E-state index contributed by atoms with van der Waals surface area (Å²) in [6.45, 7) is 24.4. The molecule has 0 aliphatic rings. The molecule has 0 aromatic carbocycles. The molecule has 0 fully saturated rings. The quantitative estimate of drug-likeness (QED) is 0.0325. The van der Waals surface area contributed by atoms with Gasteiger partial charge in [0.15, 0.2) is 0 Å². The van der Waals surface area contributed by atoms with Gasteiger partial charge in [0.05, 0.1) is 58.4 Å². The maximum absolute atomic E-state index is 13.3. The summed E-state index contributed by atoms with van der Waals surface area (Å²) in [5.74, 6) is 0.210. The number of carbonyl (C=O) groups excluding carboxylic acids is 10. The molecule has 30 heteroatoms. The molecule has 5 atom stereocenters. The second-order valence-electron chi connectivity index (χ2n) is 30.1. The van der Waals surface area contributed by atoms with Crippen molar-refractivity contribution in [3.8, 4) is 0 Å². The third kappa shape index (κ3) is 73.7. The van der Waals surface area contributed by atoms with Crippen LogP contribution in [0.4, 0.5) is 0 Å². The highest BCUT2D eigenvalue weighted by atomic mass is 32.2. The van der Waals surface area contributed by atoms with Crippen molar-refractivity contribution >= 4 is 119 Å². The van der Waals surface area contributed by atoms with Crippen molar-refractivity contribution < 1.29 is 95.3 Å². The molecule has 0 spiro atoms. The maximum atomic E-state index is 13.3. The van der Waals surface area contributed by atoms with Crippen LogP contribution in [0.3, 0.4) is 0 Å². The molecule has 0 saturated carbocycles. The second-order valence-corrected chi connectivity index (χ2v) is 37.4. The fraction of sp³-hybridized carbons (Fsp3) is 0.886. The average Bonchev–Trinajstić information content (AvgIpc) is 0.991. The lowest BCUT2D eigenvalue weighted by atomic mass is 10.1. The first-order chi connectivity index (χ1) is 57.2. The van der Waals surface area contributed by atoms with Gasteiger partial charge >= 0.3 is 59.7 Å². The third-order valence-electron chi connectivity index (χ3n) is 19.5. The molecule has 0 amide bonds. The molecule has 0 rings (SSSR count). The zero-order chi connectivity index (χ0) is 87.0. The number of nitrogens with one attached hydrogen (secondary N) is 2. The van der Waals surface area contributed by atoms with Crippen LogP contribution < -0.4 is 10.6 Å². The summed E-state index contributed by atoms with van der Waals surface area (Å²) >= 11 is 7.82. The Morgan fingerprint density at radius 2 is 0.373 bits per heavy atom. The highest BCUT2D eigenvalue weighted by molar-refractivity contribution is 8.01. The molecule has 5 unspecified atom stereocenters. The van der Waals surface area contributed by atoms with E-state index in [4.69, 9.17) is 47.4 Å². The molecule has 0 aromatic heterocycles. The minimum Gasteiger partial charge on any atom is -0.462 e. The average molecular weight is 1770 g/mol. The predicted molar refractivity (Wildman–Crippen MR) is 484 cm³/mol. The Labute approximate surface area is 734 Å². The van der Waals surface area contributed by atoms with Crippen LogP contribution in [0.2, 0.25) is 0 Å². The lowest BCUT2D eigenvalue weighted by molar-refractivity contribution is -0.152. The minimum atomic E-state index is -0.487. The van der Waals surface area contributed by atoms with Crippen molar-refractivity contribution in [3.63, 3.8) is 0 Å². The molecule has 2 N–H and O–H groups in total. The van der Waals surface area contributed by atoms with Gasteiger partial charge in [-0.2, -0.15) is 0 Å². The van der Waals surface area contributed by atoms with Crippen molar-refractivity contribution in [1.82, 2.24) is 25.3 Å². The van der Waals surface area contributed by atoms with Gasteiger partial charge in [0.1, 0.15) is 66.1 Å². The number of hydrogen-bond acceptors (Lipinski definition) is 30. The first kappa shape index (κ1) is 114. The number of nitrogens with zero attached hydrogens (tertiary/aromatic N) is 3. The molecule has 690 valence electrons.